The molecule has 6 nitrogen and oxygen atoms in total. The van der Waals surface area contributed by atoms with Gasteiger partial charge in [-0.2, -0.15) is 0 Å². The van der Waals surface area contributed by atoms with E-state index in [1.807, 2.05) is 4.90 Å². The van der Waals surface area contributed by atoms with Crippen LogP contribution in [0.25, 0.3) is 0 Å². The summed E-state index contributed by atoms with van der Waals surface area (Å²) in [6, 6.07) is 12.6. The zero-order chi connectivity index (χ0) is 21.1. The van der Waals surface area contributed by atoms with Gasteiger partial charge in [-0.15, -0.1) is 0 Å². The first-order valence-corrected chi connectivity index (χ1v) is 11.8. The van der Waals surface area contributed by atoms with Gasteiger partial charge in [-0.05, 0) is 61.7 Å². The molecule has 1 amide bonds. The fourth-order valence-corrected chi connectivity index (χ4v) is 5.30. The fourth-order valence-electron chi connectivity index (χ4n) is 4.22. The molecule has 0 saturated carbocycles. The maximum absolute atomic E-state index is 13.0. The Balaban J connectivity index is 1.40. The van der Waals surface area contributed by atoms with Crippen LogP contribution in [-0.4, -0.2) is 62.9 Å². The lowest BCUT2D eigenvalue weighted by molar-refractivity contribution is 0.0571. The zero-order valence-electron chi connectivity index (χ0n) is 16.8. The Morgan fingerprint density at radius 3 is 2.70 bits per heavy atom. The van der Waals surface area contributed by atoms with Gasteiger partial charge in [0, 0.05) is 37.8 Å². The molecule has 0 unspecified atom stereocenters. The molecule has 2 aromatic rings. The Bertz CT molecular complexity index is 1010. The number of piperazine rings is 1. The molecule has 4 rings (SSSR count). The van der Waals surface area contributed by atoms with Gasteiger partial charge in [0.2, 0.25) is 10.0 Å². The van der Waals surface area contributed by atoms with E-state index in [0.29, 0.717) is 31.1 Å². The zero-order valence-corrected chi connectivity index (χ0v) is 17.6. The van der Waals surface area contributed by atoms with Crippen molar-refractivity contribution in [2.45, 2.75) is 30.2 Å². The van der Waals surface area contributed by atoms with Crippen molar-refractivity contribution < 1.29 is 17.6 Å². The number of sulfonamides is 1. The molecule has 2 heterocycles. The van der Waals surface area contributed by atoms with E-state index in [0.717, 1.165) is 25.1 Å². The first-order valence-electron chi connectivity index (χ1n) is 10.3. The third-order valence-electron chi connectivity index (χ3n) is 5.88. The van der Waals surface area contributed by atoms with Crippen LogP contribution in [-0.2, 0) is 16.4 Å². The topological polar surface area (TPSA) is 69.7 Å². The fraction of sp³-hybridized carbons (Fsp3) is 0.409. The first kappa shape index (κ1) is 21.0. The van der Waals surface area contributed by atoms with E-state index in [-0.39, 0.29) is 23.2 Å². The second kappa shape index (κ2) is 8.83. The van der Waals surface area contributed by atoms with Gasteiger partial charge in [-0.3, -0.25) is 9.69 Å². The third kappa shape index (κ3) is 4.71. The smallest absolute Gasteiger partial charge is 0.253 e. The Kier molecular flexibility index (Phi) is 6.17. The summed E-state index contributed by atoms with van der Waals surface area (Å²) in [6.07, 6.45) is 2.73. The van der Waals surface area contributed by atoms with Crippen molar-refractivity contribution >= 4 is 15.9 Å². The minimum absolute atomic E-state index is 0.0759. The molecule has 0 aromatic heterocycles. The molecule has 30 heavy (non-hydrogen) atoms. The summed E-state index contributed by atoms with van der Waals surface area (Å²) < 4.78 is 40.9. The largest absolute Gasteiger partial charge is 0.336 e. The van der Waals surface area contributed by atoms with Crippen LogP contribution in [0.1, 0.15) is 28.8 Å². The summed E-state index contributed by atoms with van der Waals surface area (Å²) in [6.45, 7) is 3.53. The molecule has 2 aliphatic heterocycles. The van der Waals surface area contributed by atoms with E-state index >= 15 is 0 Å². The molecule has 160 valence electrons. The number of nitrogens with zero attached hydrogens (tertiary/aromatic N) is 2. The summed E-state index contributed by atoms with van der Waals surface area (Å²) in [5.41, 5.74) is 1.23. The van der Waals surface area contributed by atoms with Crippen LogP contribution in [0.15, 0.2) is 53.4 Å². The molecule has 1 atom stereocenters. The Hall–Kier alpha value is -2.29. The lowest BCUT2D eigenvalue weighted by Gasteiger charge is -2.37. The molecular formula is C22H26FN3O3S. The van der Waals surface area contributed by atoms with Crippen molar-refractivity contribution in [2.75, 3.05) is 32.7 Å². The van der Waals surface area contributed by atoms with Gasteiger partial charge >= 0.3 is 0 Å². The number of hydrogen-bond donors (Lipinski definition) is 1. The van der Waals surface area contributed by atoms with Gasteiger partial charge in [0.1, 0.15) is 5.82 Å². The molecule has 0 radical (unpaired) electrons. The van der Waals surface area contributed by atoms with Crippen LogP contribution in [0, 0.1) is 5.82 Å². The number of fused-ring (bicyclic) bond motifs is 1. The van der Waals surface area contributed by atoms with Crippen molar-refractivity contribution in [1.82, 2.24) is 14.5 Å². The normalized spacial score (nSPS) is 19.6. The number of halogens is 1. The maximum atomic E-state index is 13.0. The average molecular weight is 432 g/mol. The van der Waals surface area contributed by atoms with Gasteiger partial charge in [0.05, 0.1) is 4.90 Å². The van der Waals surface area contributed by atoms with Crippen molar-refractivity contribution in [2.24, 2.45) is 0 Å². The van der Waals surface area contributed by atoms with E-state index < -0.39 is 10.0 Å². The molecule has 2 saturated heterocycles. The summed E-state index contributed by atoms with van der Waals surface area (Å²) in [4.78, 5) is 17.3. The van der Waals surface area contributed by atoms with E-state index in [1.165, 1.54) is 30.7 Å². The summed E-state index contributed by atoms with van der Waals surface area (Å²) in [7, 11) is -3.74. The highest BCUT2D eigenvalue weighted by Crippen LogP contribution is 2.23. The minimum atomic E-state index is -3.74. The van der Waals surface area contributed by atoms with Crippen LogP contribution in [0.2, 0.25) is 0 Å². The summed E-state index contributed by atoms with van der Waals surface area (Å²) in [5, 5.41) is 0. The minimum Gasteiger partial charge on any atom is -0.336 e. The molecule has 0 bridgehead atoms. The standard InChI is InChI=1S/C22H26FN3O3S/c23-19-8-6-17(7-9-19)10-11-24-30(28,29)21-5-1-3-18(15-21)22(27)26-14-13-25-12-2-4-20(25)16-26/h1,3,5-9,15,20,24H,2,4,10-14,16H2/t20-/m0/s1. The predicted molar refractivity (Wildman–Crippen MR) is 112 cm³/mol. The van der Waals surface area contributed by atoms with Gasteiger partial charge in [0.15, 0.2) is 0 Å². The van der Waals surface area contributed by atoms with Gasteiger partial charge in [0.25, 0.3) is 5.91 Å². The average Bonchev–Trinajstić information content (AvgIpc) is 3.22. The first-order chi connectivity index (χ1) is 14.4. The molecular weight excluding hydrogens is 405 g/mol. The van der Waals surface area contributed by atoms with Gasteiger partial charge < -0.3 is 4.90 Å². The number of carbonyl (C=O) groups excluding carboxylic acids is 1. The van der Waals surface area contributed by atoms with Crippen LogP contribution in [0.3, 0.4) is 0 Å². The maximum Gasteiger partial charge on any atom is 0.253 e. The monoisotopic (exact) mass is 431 g/mol. The number of rotatable bonds is 6. The van der Waals surface area contributed by atoms with Crippen molar-refractivity contribution in [3.05, 3.63) is 65.5 Å². The highest BCUT2D eigenvalue weighted by Gasteiger charge is 2.33. The number of amides is 1. The molecule has 8 heteroatoms. The highest BCUT2D eigenvalue weighted by molar-refractivity contribution is 7.89. The van der Waals surface area contributed by atoms with Gasteiger partial charge in [-0.1, -0.05) is 18.2 Å². The third-order valence-corrected chi connectivity index (χ3v) is 7.34. The van der Waals surface area contributed by atoms with E-state index in [4.69, 9.17) is 0 Å². The lowest BCUT2D eigenvalue weighted by Crippen LogP contribution is -2.52. The molecule has 0 aliphatic carbocycles. The van der Waals surface area contributed by atoms with Crippen LogP contribution in [0.5, 0.6) is 0 Å². The number of nitrogens with one attached hydrogen (secondary N) is 1. The van der Waals surface area contributed by atoms with E-state index in [9.17, 15) is 17.6 Å². The van der Waals surface area contributed by atoms with Crippen LogP contribution < -0.4 is 4.72 Å². The number of hydrogen-bond acceptors (Lipinski definition) is 4. The second-order valence-corrected chi connectivity index (χ2v) is 9.65. The highest BCUT2D eigenvalue weighted by atomic mass is 32.2. The molecule has 2 fully saturated rings. The Morgan fingerprint density at radius 1 is 1.10 bits per heavy atom. The quantitative estimate of drug-likeness (QED) is 0.762. The van der Waals surface area contributed by atoms with Crippen molar-refractivity contribution in [1.29, 1.82) is 0 Å². The summed E-state index contributed by atoms with van der Waals surface area (Å²) >= 11 is 0. The van der Waals surface area contributed by atoms with Crippen LogP contribution >= 0.6 is 0 Å². The number of carbonyl (C=O) groups is 1. The lowest BCUT2D eigenvalue weighted by atomic mass is 10.1. The second-order valence-electron chi connectivity index (χ2n) is 7.89. The van der Waals surface area contributed by atoms with E-state index in [2.05, 4.69) is 9.62 Å². The predicted octanol–water partition coefficient (Wildman–Crippen LogP) is 2.27. The summed E-state index contributed by atoms with van der Waals surface area (Å²) in [5.74, 6) is -0.444. The molecule has 1 N–H and O–H groups in total. The Labute approximate surface area is 176 Å². The van der Waals surface area contributed by atoms with Crippen molar-refractivity contribution in [3.8, 4) is 0 Å². The molecule has 2 aliphatic rings. The van der Waals surface area contributed by atoms with Crippen LogP contribution in [0.4, 0.5) is 4.39 Å². The van der Waals surface area contributed by atoms with E-state index in [1.54, 1.807) is 24.3 Å². The molecule has 0 spiro atoms. The SMILES string of the molecule is O=C(c1cccc(S(=O)(=O)NCCc2ccc(F)cc2)c1)N1CCN2CCC[C@H]2C1. The number of benzene rings is 2. The Morgan fingerprint density at radius 2 is 1.90 bits per heavy atom. The van der Waals surface area contributed by atoms with Gasteiger partial charge in [-0.25, -0.2) is 17.5 Å². The molecule has 2 aromatic carbocycles. The van der Waals surface area contributed by atoms with Crippen molar-refractivity contribution in [3.63, 3.8) is 0 Å².